The zero-order valence-electron chi connectivity index (χ0n) is 10.6. The lowest BCUT2D eigenvalue weighted by Gasteiger charge is -2.20. The largest absolute Gasteiger partial charge is 0.507 e. The number of benzene rings is 2. The van der Waals surface area contributed by atoms with Gasteiger partial charge in [-0.25, -0.2) is 0 Å². The summed E-state index contributed by atoms with van der Waals surface area (Å²) in [6, 6.07) is 10.0. The van der Waals surface area contributed by atoms with Crippen LogP contribution in [0, 0.1) is 0 Å². The molecule has 0 aliphatic heterocycles. The molecule has 0 saturated carbocycles. The van der Waals surface area contributed by atoms with E-state index in [1.165, 1.54) is 11.0 Å². The molecule has 104 valence electrons. The Bertz CT molecular complexity index is 674. The zero-order chi connectivity index (χ0) is 14.9. The van der Waals surface area contributed by atoms with Gasteiger partial charge < -0.3 is 15.7 Å². The maximum atomic E-state index is 12.4. The molecular weight excluding hydrogens is 388 g/mol. The quantitative estimate of drug-likeness (QED) is 0.755. The highest BCUT2D eigenvalue weighted by molar-refractivity contribution is 9.10. The predicted molar refractivity (Wildman–Crippen MR) is 87.1 cm³/mol. The molecule has 0 aliphatic rings. The third-order valence-corrected chi connectivity index (χ3v) is 3.83. The molecule has 0 atom stereocenters. The third-order valence-electron chi connectivity index (χ3n) is 2.85. The molecule has 0 spiro atoms. The number of nitrogen functional groups attached to an aromatic ring is 1. The van der Waals surface area contributed by atoms with Crippen LogP contribution < -0.4 is 10.6 Å². The van der Waals surface area contributed by atoms with Gasteiger partial charge in [-0.2, -0.15) is 0 Å². The number of phenolic OH excluding ortho intramolecular Hbond substituents is 1. The maximum Gasteiger partial charge on any atom is 0.261 e. The van der Waals surface area contributed by atoms with Crippen LogP contribution in [0.4, 0.5) is 11.4 Å². The summed E-state index contributed by atoms with van der Waals surface area (Å²) in [5.74, 6) is -0.407. The summed E-state index contributed by atoms with van der Waals surface area (Å²) >= 11 is 6.56. The van der Waals surface area contributed by atoms with Gasteiger partial charge in [-0.1, -0.05) is 31.9 Å². The number of phenols is 1. The number of anilines is 2. The molecule has 2 aromatic carbocycles. The molecule has 0 unspecified atom stereocenters. The van der Waals surface area contributed by atoms with Crippen LogP contribution in [0.5, 0.6) is 5.75 Å². The van der Waals surface area contributed by atoms with E-state index in [9.17, 15) is 9.90 Å². The van der Waals surface area contributed by atoms with Crippen LogP contribution in [0.3, 0.4) is 0 Å². The van der Waals surface area contributed by atoms with E-state index < -0.39 is 0 Å². The lowest BCUT2D eigenvalue weighted by Crippen LogP contribution is -2.27. The Balaban J connectivity index is 2.37. The molecule has 6 heteroatoms. The van der Waals surface area contributed by atoms with Crippen LogP contribution in [0.25, 0.3) is 0 Å². The first kappa shape index (κ1) is 14.9. The SMILES string of the molecule is CN(C(=O)c1ccc(Br)cc1O)c1ccc(Br)cc1N. The van der Waals surface area contributed by atoms with E-state index in [0.29, 0.717) is 15.8 Å². The van der Waals surface area contributed by atoms with Crippen LogP contribution in [0.2, 0.25) is 0 Å². The van der Waals surface area contributed by atoms with Gasteiger partial charge in [0.15, 0.2) is 0 Å². The second-order valence-electron chi connectivity index (χ2n) is 4.23. The smallest absolute Gasteiger partial charge is 0.261 e. The molecule has 2 rings (SSSR count). The van der Waals surface area contributed by atoms with Gasteiger partial charge in [0.25, 0.3) is 5.91 Å². The number of carbonyl (C=O) groups excluding carboxylic acids is 1. The normalized spacial score (nSPS) is 10.3. The molecule has 0 fully saturated rings. The predicted octanol–water partition coefficient (Wildman–Crippen LogP) is 3.78. The number of hydrogen-bond acceptors (Lipinski definition) is 3. The third kappa shape index (κ3) is 2.96. The summed E-state index contributed by atoms with van der Waals surface area (Å²) in [4.78, 5) is 13.8. The molecule has 4 nitrogen and oxygen atoms in total. The molecular formula is C14H12Br2N2O2. The number of halogens is 2. The first-order valence-electron chi connectivity index (χ1n) is 5.71. The number of carbonyl (C=O) groups is 1. The maximum absolute atomic E-state index is 12.4. The van der Waals surface area contributed by atoms with Crippen molar-refractivity contribution in [3.8, 4) is 5.75 Å². The van der Waals surface area contributed by atoms with Gasteiger partial charge in [0, 0.05) is 16.0 Å². The Hall–Kier alpha value is -1.53. The van der Waals surface area contributed by atoms with Gasteiger partial charge >= 0.3 is 0 Å². The van der Waals surface area contributed by atoms with E-state index in [1.54, 1.807) is 37.4 Å². The minimum atomic E-state index is -0.330. The summed E-state index contributed by atoms with van der Waals surface area (Å²) < 4.78 is 1.54. The minimum absolute atomic E-state index is 0.0769. The van der Waals surface area contributed by atoms with Crippen LogP contribution in [0.15, 0.2) is 45.3 Å². The highest BCUT2D eigenvalue weighted by Gasteiger charge is 2.18. The molecule has 0 saturated heterocycles. The van der Waals surface area contributed by atoms with Crippen molar-refractivity contribution in [2.24, 2.45) is 0 Å². The monoisotopic (exact) mass is 398 g/mol. The lowest BCUT2D eigenvalue weighted by atomic mass is 10.1. The van der Waals surface area contributed by atoms with Gasteiger partial charge in [-0.3, -0.25) is 4.79 Å². The molecule has 0 heterocycles. The molecule has 3 N–H and O–H groups in total. The van der Waals surface area contributed by atoms with Crippen molar-refractivity contribution < 1.29 is 9.90 Å². The van der Waals surface area contributed by atoms with Crippen molar-refractivity contribution in [2.75, 3.05) is 17.7 Å². The number of aromatic hydroxyl groups is 1. The fraction of sp³-hybridized carbons (Fsp3) is 0.0714. The summed E-state index contributed by atoms with van der Waals surface area (Å²) in [6.45, 7) is 0. The molecule has 1 amide bonds. The van der Waals surface area contributed by atoms with Gasteiger partial charge in [0.2, 0.25) is 0 Å². The van der Waals surface area contributed by atoms with E-state index >= 15 is 0 Å². The lowest BCUT2D eigenvalue weighted by molar-refractivity contribution is 0.0990. The molecule has 0 aliphatic carbocycles. The molecule has 2 aromatic rings. The highest BCUT2D eigenvalue weighted by atomic mass is 79.9. The second-order valence-corrected chi connectivity index (χ2v) is 6.06. The topological polar surface area (TPSA) is 66.6 Å². The molecule has 0 bridgehead atoms. The Morgan fingerprint density at radius 2 is 1.75 bits per heavy atom. The number of rotatable bonds is 2. The average molecular weight is 400 g/mol. The van der Waals surface area contributed by atoms with Gasteiger partial charge in [0.05, 0.1) is 16.9 Å². The van der Waals surface area contributed by atoms with Crippen LogP contribution >= 0.6 is 31.9 Å². The van der Waals surface area contributed by atoms with Crippen molar-refractivity contribution in [2.45, 2.75) is 0 Å². The van der Waals surface area contributed by atoms with E-state index in [-0.39, 0.29) is 17.2 Å². The van der Waals surface area contributed by atoms with Gasteiger partial charge in [-0.15, -0.1) is 0 Å². The summed E-state index contributed by atoms with van der Waals surface area (Å²) in [5, 5.41) is 9.85. The Labute approximate surface area is 133 Å². The second kappa shape index (κ2) is 5.85. The van der Waals surface area contributed by atoms with Crippen molar-refractivity contribution in [3.63, 3.8) is 0 Å². The van der Waals surface area contributed by atoms with Crippen molar-refractivity contribution in [1.82, 2.24) is 0 Å². The Kier molecular flexibility index (Phi) is 4.35. The standard InChI is InChI=1S/C14H12Br2N2O2/c1-18(12-5-3-8(15)6-11(12)17)14(20)10-4-2-9(16)7-13(10)19/h2-7,19H,17H2,1H3. The average Bonchev–Trinajstić information content (AvgIpc) is 2.37. The fourth-order valence-corrected chi connectivity index (χ4v) is 2.53. The van der Waals surface area contributed by atoms with Crippen molar-refractivity contribution >= 4 is 49.1 Å². The van der Waals surface area contributed by atoms with E-state index in [2.05, 4.69) is 31.9 Å². The highest BCUT2D eigenvalue weighted by Crippen LogP contribution is 2.29. The van der Waals surface area contributed by atoms with E-state index in [1.807, 2.05) is 0 Å². The fourth-order valence-electron chi connectivity index (χ4n) is 1.81. The minimum Gasteiger partial charge on any atom is -0.507 e. The van der Waals surface area contributed by atoms with Crippen molar-refractivity contribution in [3.05, 3.63) is 50.9 Å². The van der Waals surface area contributed by atoms with Gasteiger partial charge in [-0.05, 0) is 36.4 Å². The van der Waals surface area contributed by atoms with Crippen LogP contribution in [-0.2, 0) is 0 Å². The van der Waals surface area contributed by atoms with Crippen LogP contribution in [-0.4, -0.2) is 18.1 Å². The van der Waals surface area contributed by atoms with Crippen LogP contribution in [0.1, 0.15) is 10.4 Å². The zero-order valence-corrected chi connectivity index (χ0v) is 13.8. The number of hydrogen-bond donors (Lipinski definition) is 2. The number of amides is 1. The number of nitrogens with zero attached hydrogens (tertiary/aromatic N) is 1. The Morgan fingerprint density at radius 3 is 2.35 bits per heavy atom. The van der Waals surface area contributed by atoms with E-state index in [0.717, 1.165) is 4.47 Å². The Morgan fingerprint density at radius 1 is 1.15 bits per heavy atom. The summed E-state index contributed by atoms with van der Waals surface area (Å²) in [6.07, 6.45) is 0. The van der Waals surface area contributed by atoms with Gasteiger partial charge in [0.1, 0.15) is 5.75 Å². The molecule has 20 heavy (non-hydrogen) atoms. The van der Waals surface area contributed by atoms with Crippen molar-refractivity contribution in [1.29, 1.82) is 0 Å². The number of nitrogens with two attached hydrogens (primary N) is 1. The first-order chi connectivity index (χ1) is 9.40. The first-order valence-corrected chi connectivity index (χ1v) is 7.30. The molecule has 0 radical (unpaired) electrons. The molecule has 0 aromatic heterocycles. The summed E-state index contributed by atoms with van der Waals surface area (Å²) in [7, 11) is 1.61. The van der Waals surface area contributed by atoms with E-state index in [4.69, 9.17) is 5.73 Å². The summed E-state index contributed by atoms with van der Waals surface area (Å²) in [5.41, 5.74) is 7.19.